The summed E-state index contributed by atoms with van der Waals surface area (Å²) in [6, 6.07) is 7.50. The molecule has 1 aromatic carbocycles. The Hall–Kier alpha value is -1.77. The summed E-state index contributed by atoms with van der Waals surface area (Å²) in [7, 11) is 0. The molecule has 0 fully saturated rings. The minimum atomic E-state index is 0.0137. The van der Waals surface area contributed by atoms with Gasteiger partial charge in [-0.2, -0.15) is 14.7 Å². The van der Waals surface area contributed by atoms with Crippen LogP contribution < -0.4 is 0 Å². The quantitative estimate of drug-likeness (QED) is 0.490. The van der Waals surface area contributed by atoms with Crippen LogP contribution in [-0.2, 0) is 0 Å². The molecule has 9 heteroatoms. The first kappa shape index (κ1) is 15.7. The van der Waals surface area contributed by atoms with E-state index in [4.69, 9.17) is 11.6 Å². The van der Waals surface area contributed by atoms with E-state index in [0.717, 1.165) is 25.7 Å². The molecule has 0 saturated heterocycles. The van der Waals surface area contributed by atoms with Crippen LogP contribution in [-0.4, -0.2) is 29.6 Å². The SMILES string of the molecule is Cc1nn(C(C)c2nn3c(-c4ccc(Cl)cc4)nnc3s2)cc1Br. The van der Waals surface area contributed by atoms with Gasteiger partial charge in [0.1, 0.15) is 11.0 Å². The molecule has 0 saturated carbocycles. The van der Waals surface area contributed by atoms with Crippen molar-refractivity contribution in [1.82, 2.24) is 29.6 Å². The van der Waals surface area contributed by atoms with Crippen molar-refractivity contribution in [1.29, 1.82) is 0 Å². The first-order valence-electron chi connectivity index (χ1n) is 7.22. The van der Waals surface area contributed by atoms with Crippen LogP contribution in [0.25, 0.3) is 16.3 Å². The monoisotopic (exact) mass is 422 g/mol. The van der Waals surface area contributed by atoms with Crippen molar-refractivity contribution < 1.29 is 0 Å². The van der Waals surface area contributed by atoms with Crippen molar-refractivity contribution in [3.63, 3.8) is 0 Å². The Kier molecular flexibility index (Phi) is 3.90. The van der Waals surface area contributed by atoms with Gasteiger partial charge in [-0.25, -0.2) is 0 Å². The highest BCUT2D eigenvalue weighted by atomic mass is 79.9. The highest BCUT2D eigenvalue weighted by molar-refractivity contribution is 9.10. The number of rotatable bonds is 3. The van der Waals surface area contributed by atoms with E-state index in [9.17, 15) is 0 Å². The van der Waals surface area contributed by atoms with Crippen molar-refractivity contribution in [3.8, 4) is 11.4 Å². The fourth-order valence-electron chi connectivity index (χ4n) is 2.35. The van der Waals surface area contributed by atoms with Gasteiger partial charge in [-0.05, 0) is 54.0 Å². The second-order valence-electron chi connectivity index (χ2n) is 5.38. The normalized spacial score (nSPS) is 12.8. The van der Waals surface area contributed by atoms with E-state index in [2.05, 4.69) is 43.2 Å². The van der Waals surface area contributed by atoms with Crippen LogP contribution >= 0.6 is 38.9 Å². The van der Waals surface area contributed by atoms with Crippen LogP contribution in [0, 0.1) is 6.92 Å². The molecule has 0 aliphatic rings. The maximum absolute atomic E-state index is 5.95. The molecule has 24 heavy (non-hydrogen) atoms. The topological polar surface area (TPSA) is 60.9 Å². The summed E-state index contributed by atoms with van der Waals surface area (Å²) in [4.78, 5) is 0.754. The Bertz CT molecular complexity index is 999. The minimum Gasteiger partial charge on any atom is -0.262 e. The average molecular weight is 424 g/mol. The lowest BCUT2D eigenvalue weighted by atomic mass is 10.2. The van der Waals surface area contributed by atoms with Gasteiger partial charge in [0.2, 0.25) is 4.96 Å². The van der Waals surface area contributed by atoms with Gasteiger partial charge in [0.25, 0.3) is 0 Å². The van der Waals surface area contributed by atoms with Crippen molar-refractivity contribution in [3.05, 3.63) is 50.7 Å². The van der Waals surface area contributed by atoms with Crippen molar-refractivity contribution in [2.75, 3.05) is 0 Å². The molecule has 0 spiro atoms. The van der Waals surface area contributed by atoms with Gasteiger partial charge in [0.05, 0.1) is 10.2 Å². The minimum absolute atomic E-state index is 0.0137. The Morgan fingerprint density at radius 1 is 1.17 bits per heavy atom. The van der Waals surface area contributed by atoms with Crippen LogP contribution in [0.4, 0.5) is 0 Å². The lowest BCUT2D eigenvalue weighted by Crippen LogP contribution is -2.08. The lowest BCUT2D eigenvalue weighted by Gasteiger charge is -2.07. The van der Waals surface area contributed by atoms with E-state index in [-0.39, 0.29) is 6.04 Å². The maximum atomic E-state index is 5.95. The van der Waals surface area contributed by atoms with Gasteiger partial charge < -0.3 is 0 Å². The average Bonchev–Trinajstić information content (AvgIpc) is 3.23. The Morgan fingerprint density at radius 3 is 2.58 bits per heavy atom. The second kappa shape index (κ2) is 5.94. The molecule has 6 nitrogen and oxygen atoms in total. The van der Waals surface area contributed by atoms with Crippen molar-refractivity contribution >= 4 is 43.8 Å². The summed E-state index contributed by atoms with van der Waals surface area (Å²) in [6.07, 6.45) is 1.96. The Labute approximate surface area is 155 Å². The summed E-state index contributed by atoms with van der Waals surface area (Å²) >= 11 is 11.0. The van der Waals surface area contributed by atoms with Gasteiger partial charge in [0, 0.05) is 16.8 Å². The predicted molar refractivity (Wildman–Crippen MR) is 97.6 cm³/mol. The third kappa shape index (κ3) is 2.64. The molecular formula is C15H12BrClN6S. The summed E-state index contributed by atoms with van der Waals surface area (Å²) < 4.78 is 4.65. The molecule has 0 aliphatic carbocycles. The number of fused-ring (bicyclic) bond motifs is 1. The fraction of sp³-hybridized carbons (Fsp3) is 0.200. The van der Waals surface area contributed by atoms with Gasteiger partial charge in [0.15, 0.2) is 5.82 Å². The van der Waals surface area contributed by atoms with E-state index in [1.165, 1.54) is 11.3 Å². The Balaban J connectivity index is 1.75. The molecule has 0 bridgehead atoms. The molecule has 3 aromatic heterocycles. The zero-order valence-corrected chi connectivity index (χ0v) is 16.0. The largest absolute Gasteiger partial charge is 0.262 e. The fourth-order valence-corrected chi connectivity index (χ4v) is 3.65. The lowest BCUT2D eigenvalue weighted by molar-refractivity contribution is 0.551. The van der Waals surface area contributed by atoms with Crippen LogP contribution in [0.5, 0.6) is 0 Å². The zero-order valence-electron chi connectivity index (χ0n) is 12.8. The van der Waals surface area contributed by atoms with E-state index in [1.54, 1.807) is 4.52 Å². The highest BCUT2D eigenvalue weighted by Gasteiger charge is 2.19. The molecule has 3 heterocycles. The number of nitrogens with zero attached hydrogens (tertiary/aromatic N) is 6. The van der Waals surface area contributed by atoms with E-state index in [1.807, 2.05) is 42.1 Å². The van der Waals surface area contributed by atoms with Crippen LogP contribution in [0.1, 0.15) is 23.7 Å². The molecular weight excluding hydrogens is 412 g/mol. The Morgan fingerprint density at radius 2 is 1.92 bits per heavy atom. The molecule has 4 rings (SSSR count). The second-order valence-corrected chi connectivity index (χ2v) is 7.66. The summed E-state index contributed by atoms with van der Waals surface area (Å²) in [5.74, 6) is 0.703. The summed E-state index contributed by atoms with van der Waals surface area (Å²) in [6.45, 7) is 4.02. The number of aryl methyl sites for hydroxylation is 1. The van der Waals surface area contributed by atoms with Crippen LogP contribution in [0.3, 0.4) is 0 Å². The van der Waals surface area contributed by atoms with Crippen LogP contribution in [0.15, 0.2) is 34.9 Å². The van der Waals surface area contributed by atoms with E-state index in [0.29, 0.717) is 10.8 Å². The molecule has 0 aliphatic heterocycles. The third-order valence-corrected chi connectivity index (χ3v) is 5.82. The van der Waals surface area contributed by atoms with Gasteiger partial charge >= 0.3 is 0 Å². The third-order valence-electron chi connectivity index (χ3n) is 3.72. The van der Waals surface area contributed by atoms with Crippen LogP contribution in [0.2, 0.25) is 5.02 Å². The van der Waals surface area contributed by atoms with E-state index < -0.39 is 0 Å². The number of halogens is 2. The maximum Gasteiger partial charge on any atom is 0.235 e. The summed E-state index contributed by atoms with van der Waals surface area (Å²) in [5, 5.41) is 19.3. The highest BCUT2D eigenvalue weighted by Crippen LogP contribution is 2.28. The molecule has 0 amide bonds. The predicted octanol–water partition coefficient (Wildman–Crippen LogP) is 4.38. The summed E-state index contributed by atoms with van der Waals surface area (Å²) in [5.41, 5.74) is 1.88. The van der Waals surface area contributed by atoms with Gasteiger partial charge in [-0.3, -0.25) is 4.68 Å². The van der Waals surface area contributed by atoms with Gasteiger partial charge in [-0.1, -0.05) is 22.9 Å². The molecule has 4 aromatic rings. The van der Waals surface area contributed by atoms with Crippen molar-refractivity contribution in [2.24, 2.45) is 0 Å². The molecule has 1 atom stereocenters. The number of hydrogen-bond acceptors (Lipinski definition) is 5. The number of benzene rings is 1. The number of hydrogen-bond donors (Lipinski definition) is 0. The van der Waals surface area contributed by atoms with E-state index >= 15 is 0 Å². The smallest absolute Gasteiger partial charge is 0.235 e. The molecule has 1 unspecified atom stereocenters. The van der Waals surface area contributed by atoms with Gasteiger partial charge in [-0.15, -0.1) is 10.2 Å². The number of aromatic nitrogens is 6. The van der Waals surface area contributed by atoms with Crippen molar-refractivity contribution in [2.45, 2.75) is 19.9 Å². The first-order chi connectivity index (χ1) is 11.5. The molecule has 0 N–H and O–H groups in total. The first-order valence-corrected chi connectivity index (χ1v) is 9.21. The standard InChI is InChI=1S/C15H12BrClN6S/c1-8-12(16)7-22(20-8)9(2)14-21-23-13(18-19-15(23)24-14)10-3-5-11(17)6-4-10/h3-7,9H,1-2H3. The zero-order chi connectivity index (χ0) is 16.8. The molecule has 0 radical (unpaired) electrons. The molecule has 122 valence electrons.